The molecule has 0 aromatic heterocycles. The van der Waals surface area contributed by atoms with Crippen molar-refractivity contribution in [3.63, 3.8) is 0 Å². The number of hydrogen-bond donors (Lipinski definition) is 3. The molecule has 3 N–H and O–H groups in total. The predicted molar refractivity (Wildman–Crippen MR) is 142 cm³/mol. The Bertz CT molecular complexity index is 1160. The Morgan fingerprint density at radius 1 is 0.947 bits per heavy atom. The van der Waals surface area contributed by atoms with Gasteiger partial charge in [-0.05, 0) is 57.2 Å². The molecule has 38 heavy (non-hydrogen) atoms. The molecular formula is C26H34N6O6. The third kappa shape index (κ3) is 10.2. The van der Waals surface area contributed by atoms with Crippen LogP contribution in [0.15, 0.2) is 58.8 Å². The number of nitrogens with one attached hydrogen (secondary N) is 2. The Kier molecular flexibility index (Phi) is 10.7. The van der Waals surface area contributed by atoms with Crippen LogP contribution in [0.3, 0.4) is 0 Å². The maximum atomic E-state index is 12.8. The molecule has 2 aromatic rings. The summed E-state index contributed by atoms with van der Waals surface area (Å²) in [5.41, 5.74) is 1.41. The summed E-state index contributed by atoms with van der Waals surface area (Å²) in [7, 11) is 3.86. The minimum absolute atomic E-state index is 0.0272. The summed E-state index contributed by atoms with van der Waals surface area (Å²) in [5, 5.41) is 22.5. The Labute approximate surface area is 221 Å². The number of rotatable bonds is 11. The number of alkyl carbamates (subject to hydrolysis) is 1. The third-order valence-corrected chi connectivity index (χ3v) is 4.92. The maximum Gasteiger partial charge on any atom is 0.407 e. The molecule has 12 heteroatoms. The van der Waals surface area contributed by atoms with Crippen LogP contribution >= 0.6 is 0 Å². The first-order valence-electron chi connectivity index (χ1n) is 11.9. The van der Waals surface area contributed by atoms with Crippen LogP contribution in [-0.2, 0) is 14.3 Å². The molecule has 0 aliphatic carbocycles. The van der Waals surface area contributed by atoms with Crippen molar-refractivity contribution in [3.05, 3.63) is 54.1 Å². The SMILES string of the molecule is CN(C)c1ccc(N=Nc2ccccc2C(=O)NCC(=O)N(CCNC(=O)OC(C)(C)C)CC(=O)O)cc1. The fourth-order valence-electron chi connectivity index (χ4n) is 3.11. The first kappa shape index (κ1) is 29.7. The number of hydrogen-bond acceptors (Lipinski definition) is 8. The predicted octanol–water partition coefficient (Wildman–Crippen LogP) is 3.34. The number of benzene rings is 2. The second kappa shape index (κ2) is 13.7. The van der Waals surface area contributed by atoms with Gasteiger partial charge in [0.25, 0.3) is 5.91 Å². The van der Waals surface area contributed by atoms with Crippen molar-refractivity contribution < 1.29 is 29.0 Å². The zero-order valence-electron chi connectivity index (χ0n) is 22.2. The fraction of sp³-hybridized carbons (Fsp3) is 0.385. The van der Waals surface area contributed by atoms with Crippen LogP contribution < -0.4 is 15.5 Å². The Morgan fingerprint density at radius 2 is 1.61 bits per heavy atom. The van der Waals surface area contributed by atoms with Gasteiger partial charge < -0.3 is 30.3 Å². The second-order valence-corrected chi connectivity index (χ2v) is 9.45. The molecule has 0 radical (unpaired) electrons. The molecule has 204 valence electrons. The highest BCUT2D eigenvalue weighted by atomic mass is 16.6. The molecule has 0 aliphatic heterocycles. The second-order valence-electron chi connectivity index (χ2n) is 9.45. The van der Waals surface area contributed by atoms with E-state index in [1.165, 1.54) is 0 Å². The standard InChI is InChI=1S/C26H34N6O6/c1-26(2,3)38-25(37)27-14-15-32(17-23(34)35)22(33)16-28-24(36)20-8-6-7-9-21(20)30-29-18-10-12-19(13-11-18)31(4)5/h6-13H,14-17H2,1-5H3,(H,27,37)(H,28,36)(H,34,35). The minimum Gasteiger partial charge on any atom is -0.480 e. The molecule has 3 amide bonds. The zero-order valence-corrected chi connectivity index (χ0v) is 22.2. The molecule has 0 fully saturated rings. The molecule has 0 spiro atoms. The molecule has 12 nitrogen and oxygen atoms in total. The lowest BCUT2D eigenvalue weighted by Gasteiger charge is -2.23. The summed E-state index contributed by atoms with van der Waals surface area (Å²) < 4.78 is 5.12. The van der Waals surface area contributed by atoms with Crippen LogP contribution in [-0.4, -0.2) is 79.8 Å². The van der Waals surface area contributed by atoms with Crippen LogP contribution in [0.1, 0.15) is 31.1 Å². The van der Waals surface area contributed by atoms with Gasteiger partial charge in [-0.3, -0.25) is 14.4 Å². The fourth-order valence-corrected chi connectivity index (χ4v) is 3.11. The van der Waals surface area contributed by atoms with E-state index in [0.717, 1.165) is 10.6 Å². The van der Waals surface area contributed by atoms with Gasteiger partial charge in [0.15, 0.2) is 0 Å². The molecule has 0 saturated heterocycles. The molecule has 0 saturated carbocycles. The largest absolute Gasteiger partial charge is 0.480 e. The Hall–Kier alpha value is -4.48. The number of nitrogens with zero attached hydrogens (tertiary/aromatic N) is 4. The van der Waals surface area contributed by atoms with Gasteiger partial charge in [0.1, 0.15) is 12.1 Å². The lowest BCUT2D eigenvalue weighted by molar-refractivity contribution is -0.144. The maximum absolute atomic E-state index is 12.8. The van der Waals surface area contributed by atoms with Crippen molar-refractivity contribution in [1.82, 2.24) is 15.5 Å². The smallest absolute Gasteiger partial charge is 0.407 e. The number of carboxylic acid groups (broad SMARTS) is 1. The number of azo groups is 1. The summed E-state index contributed by atoms with van der Waals surface area (Å²) >= 11 is 0. The lowest BCUT2D eigenvalue weighted by atomic mass is 10.1. The van der Waals surface area contributed by atoms with Crippen LogP contribution in [0, 0.1) is 0 Å². The van der Waals surface area contributed by atoms with Gasteiger partial charge in [-0.15, -0.1) is 5.11 Å². The minimum atomic E-state index is -1.23. The summed E-state index contributed by atoms with van der Waals surface area (Å²) in [6.07, 6.45) is -0.687. The summed E-state index contributed by atoms with van der Waals surface area (Å²) in [6, 6.07) is 13.9. The van der Waals surface area contributed by atoms with Gasteiger partial charge in [-0.1, -0.05) is 12.1 Å². The highest BCUT2D eigenvalue weighted by Gasteiger charge is 2.20. The first-order chi connectivity index (χ1) is 17.9. The molecule has 2 aromatic carbocycles. The number of ether oxygens (including phenoxy) is 1. The zero-order chi connectivity index (χ0) is 28.3. The van der Waals surface area contributed by atoms with Crippen molar-refractivity contribution >= 4 is 40.9 Å². The number of carbonyl (C=O) groups excluding carboxylic acids is 3. The molecule has 0 atom stereocenters. The van der Waals surface area contributed by atoms with Crippen LogP contribution in [0.4, 0.5) is 21.9 Å². The van der Waals surface area contributed by atoms with Crippen molar-refractivity contribution in [2.24, 2.45) is 10.2 Å². The third-order valence-electron chi connectivity index (χ3n) is 4.92. The van der Waals surface area contributed by atoms with Gasteiger partial charge in [-0.25, -0.2) is 4.79 Å². The molecular weight excluding hydrogens is 492 g/mol. The molecule has 0 heterocycles. The quantitative estimate of drug-likeness (QED) is 0.380. The van der Waals surface area contributed by atoms with Gasteiger partial charge in [-0.2, -0.15) is 5.11 Å². The monoisotopic (exact) mass is 526 g/mol. The average Bonchev–Trinajstić information content (AvgIpc) is 2.84. The van der Waals surface area contributed by atoms with Crippen LogP contribution in [0.25, 0.3) is 0 Å². The number of amides is 3. The number of carbonyl (C=O) groups is 4. The van der Waals surface area contributed by atoms with Crippen LogP contribution in [0.5, 0.6) is 0 Å². The molecule has 0 unspecified atom stereocenters. The van der Waals surface area contributed by atoms with E-state index in [2.05, 4.69) is 20.9 Å². The summed E-state index contributed by atoms with van der Waals surface area (Å²) in [6.45, 7) is 3.96. The van der Waals surface area contributed by atoms with E-state index < -0.39 is 42.6 Å². The van der Waals surface area contributed by atoms with Crippen molar-refractivity contribution in [1.29, 1.82) is 0 Å². The van der Waals surface area contributed by atoms with E-state index in [1.807, 2.05) is 31.1 Å². The highest BCUT2D eigenvalue weighted by Crippen LogP contribution is 2.24. The first-order valence-corrected chi connectivity index (χ1v) is 11.9. The number of aliphatic carboxylic acids is 1. The van der Waals surface area contributed by atoms with E-state index in [4.69, 9.17) is 9.84 Å². The van der Waals surface area contributed by atoms with Gasteiger partial charge in [0, 0.05) is 32.9 Å². The normalized spacial score (nSPS) is 11.1. The van der Waals surface area contributed by atoms with Crippen molar-refractivity contribution in [2.75, 3.05) is 45.2 Å². The number of carboxylic acids is 1. The topological polar surface area (TPSA) is 153 Å². The van der Waals surface area contributed by atoms with E-state index in [1.54, 1.807) is 57.2 Å². The van der Waals surface area contributed by atoms with Crippen molar-refractivity contribution in [3.8, 4) is 0 Å². The molecule has 0 bridgehead atoms. The Balaban J connectivity index is 2.00. The van der Waals surface area contributed by atoms with Gasteiger partial charge in [0.05, 0.1) is 23.5 Å². The van der Waals surface area contributed by atoms with Crippen LogP contribution in [0.2, 0.25) is 0 Å². The van der Waals surface area contributed by atoms with Gasteiger partial charge in [0.2, 0.25) is 5.91 Å². The molecule has 2 rings (SSSR count). The van der Waals surface area contributed by atoms with E-state index >= 15 is 0 Å². The number of anilines is 1. The van der Waals surface area contributed by atoms with Gasteiger partial charge >= 0.3 is 12.1 Å². The summed E-state index contributed by atoms with van der Waals surface area (Å²) in [5.74, 6) is -2.43. The Morgan fingerprint density at radius 3 is 2.21 bits per heavy atom. The summed E-state index contributed by atoms with van der Waals surface area (Å²) in [4.78, 5) is 51.4. The van der Waals surface area contributed by atoms with Crippen molar-refractivity contribution in [2.45, 2.75) is 26.4 Å². The molecule has 0 aliphatic rings. The van der Waals surface area contributed by atoms with E-state index in [0.29, 0.717) is 11.4 Å². The average molecular weight is 527 g/mol. The lowest BCUT2D eigenvalue weighted by Crippen LogP contribution is -2.46. The van der Waals surface area contributed by atoms with E-state index in [9.17, 15) is 19.2 Å². The highest BCUT2D eigenvalue weighted by molar-refractivity contribution is 6.00. The van der Waals surface area contributed by atoms with E-state index in [-0.39, 0.29) is 18.7 Å².